The number of fused-ring (bicyclic) bond motifs is 1. The summed E-state index contributed by atoms with van der Waals surface area (Å²) in [6.45, 7) is 1.74. The van der Waals surface area contributed by atoms with E-state index in [1.165, 1.54) is 24.5 Å². The Hall–Kier alpha value is -3.54. The molecule has 1 fully saturated rings. The Bertz CT molecular complexity index is 1900. The lowest BCUT2D eigenvalue weighted by molar-refractivity contribution is -0.122. The van der Waals surface area contributed by atoms with Gasteiger partial charge in [0.05, 0.1) is 40.2 Å². The summed E-state index contributed by atoms with van der Waals surface area (Å²) in [4.78, 5) is 32.3. The molecule has 5 aromatic rings. The lowest BCUT2D eigenvalue weighted by atomic mass is 10.2. The zero-order valence-electron chi connectivity index (χ0n) is 21.5. The van der Waals surface area contributed by atoms with Crippen molar-refractivity contribution in [2.24, 2.45) is 0 Å². The Morgan fingerprint density at radius 2 is 1.83 bits per heavy atom. The summed E-state index contributed by atoms with van der Waals surface area (Å²) in [5, 5.41) is 0.904. The second-order valence-electron chi connectivity index (χ2n) is 9.53. The molecule has 3 aromatic carbocycles. The van der Waals surface area contributed by atoms with E-state index >= 15 is 0 Å². The maximum Gasteiger partial charge on any atom is 0.252 e. The molecule has 1 atom stereocenters. The van der Waals surface area contributed by atoms with Crippen LogP contribution in [0.5, 0.6) is 0 Å². The first kappa shape index (κ1) is 27.6. The Labute approximate surface area is 249 Å². The molecule has 0 N–H and O–H groups in total. The highest BCUT2D eigenvalue weighted by molar-refractivity contribution is 7.89. The first-order valence-electron chi connectivity index (χ1n) is 12.5. The first-order chi connectivity index (χ1) is 19.6. The van der Waals surface area contributed by atoms with E-state index in [-0.39, 0.29) is 27.9 Å². The fourth-order valence-corrected chi connectivity index (χ4v) is 8.10. The highest BCUT2D eigenvalue weighted by Gasteiger charge is 2.47. The average molecular weight is 627 g/mol. The van der Waals surface area contributed by atoms with Crippen LogP contribution < -0.4 is 4.90 Å². The van der Waals surface area contributed by atoms with Gasteiger partial charge in [0.25, 0.3) is 5.91 Å². The predicted molar refractivity (Wildman–Crippen MR) is 159 cm³/mol. The molecular formula is C29H21Cl2N3O5S2. The minimum Gasteiger partial charge on any atom is -0.468 e. The van der Waals surface area contributed by atoms with Crippen molar-refractivity contribution in [1.29, 1.82) is 0 Å². The molecule has 41 heavy (non-hydrogen) atoms. The number of benzene rings is 3. The third kappa shape index (κ3) is 5.18. The van der Waals surface area contributed by atoms with Crippen LogP contribution in [0.2, 0.25) is 10.0 Å². The van der Waals surface area contributed by atoms with Crippen molar-refractivity contribution < 1.29 is 22.4 Å². The molecule has 0 bridgehead atoms. The highest BCUT2D eigenvalue weighted by atomic mass is 35.5. The summed E-state index contributed by atoms with van der Waals surface area (Å²) >= 11 is 13.9. The second kappa shape index (κ2) is 10.7. The van der Waals surface area contributed by atoms with Crippen molar-refractivity contribution in [1.82, 2.24) is 9.29 Å². The summed E-state index contributed by atoms with van der Waals surface area (Å²) in [5.74, 6) is -0.910. The normalized spacial score (nSPS) is 15.9. The first-order valence-corrected chi connectivity index (χ1v) is 15.5. The standard InChI is InChI=1S/C29H21Cl2N3O5S2/c1-17-4-11-23-25(13-17)40-28(32-23)18-5-8-20(9-6-18)34-27(35)15-24(29(34)36)33(16-21-3-2-12-39-21)41(37,38)26-14-19(30)7-10-22(26)31/h2-14,24H,15-16H2,1H3. The monoisotopic (exact) mass is 625 g/mol. The van der Waals surface area contributed by atoms with E-state index < -0.39 is 27.9 Å². The van der Waals surface area contributed by atoms with Gasteiger partial charge in [0.15, 0.2) is 0 Å². The smallest absolute Gasteiger partial charge is 0.252 e. The van der Waals surface area contributed by atoms with Crippen molar-refractivity contribution in [2.75, 3.05) is 4.90 Å². The topological polar surface area (TPSA) is 101 Å². The number of aromatic nitrogens is 1. The van der Waals surface area contributed by atoms with E-state index in [2.05, 4.69) is 11.1 Å². The van der Waals surface area contributed by atoms with Crippen LogP contribution in [-0.2, 0) is 26.2 Å². The van der Waals surface area contributed by atoms with Crippen molar-refractivity contribution in [2.45, 2.75) is 30.8 Å². The van der Waals surface area contributed by atoms with Crippen LogP contribution in [0.25, 0.3) is 20.8 Å². The maximum atomic E-state index is 13.9. The van der Waals surface area contributed by atoms with Gasteiger partial charge in [-0.15, -0.1) is 11.3 Å². The third-order valence-electron chi connectivity index (χ3n) is 6.76. The van der Waals surface area contributed by atoms with Crippen molar-refractivity contribution >= 4 is 72.3 Å². The maximum absolute atomic E-state index is 13.9. The van der Waals surface area contributed by atoms with Gasteiger partial charge in [0.2, 0.25) is 15.9 Å². The van der Waals surface area contributed by atoms with Gasteiger partial charge in [-0.2, -0.15) is 4.31 Å². The van der Waals surface area contributed by atoms with Gasteiger partial charge in [-0.1, -0.05) is 29.3 Å². The van der Waals surface area contributed by atoms with Crippen LogP contribution in [0.3, 0.4) is 0 Å². The average Bonchev–Trinajstić information content (AvgIpc) is 3.67. The quantitative estimate of drug-likeness (QED) is 0.187. The van der Waals surface area contributed by atoms with Gasteiger partial charge in [-0.25, -0.2) is 18.3 Å². The molecule has 1 aliphatic rings. The Morgan fingerprint density at radius 3 is 2.56 bits per heavy atom. The van der Waals surface area contributed by atoms with Crippen molar-refractivity contribution in [3.63, 3.8) is 0 Å². The number of imide groups is 1. The van der Waals surface area contributed by atoms with Crippen LogP contribution in [0.1, 0.15) is 17.7 Å². The number of thiazole rings is 1. The molecule has 208 valence electrons. The minimum absolute atomic E-state index is 0.0620. The largest absolute Gasteiger partial charge is 0.468 e. The minimum atomic E-state index is -4.38. The molecular weight excluding hydrogens is 605 g/mol. The lowest BCUT2D eigenvalue weighted by Gasteiger charge is -2.26. The molecule has 0 spiro atoms. The molecule has 6 rings (SSSR count). The molecule has 1 aliphatic heterocycles. The lowest BCUT2D eigenvalue weighted by Crippen LogP contribution is -2.45. The molecule has 0 radical (unpaired) electrons. The Kier molecular flexibility index (Phi) is 7.21. The molecule has 0 saturated carbocycles. The SMILES string of the molecule is Cc1ccc2nc(-c3ccc(N4C(=O)CC(N(Cc5ccco5)S(=O)(=O)c5cc(Cl)ccc5Cl)C4=O)cc3)sc2c1. The fourth-order valence-electron chi connectivity index (χ4n) is 4.74. The van der Waals surface area contributed by atoms with Crippen LogP contribution in [0.15, 0.2) is 88.4 Å². The number of hydrogen-bond acceptors (Lipinski definition) is 7. The van der Waals surface area contributed by atoms with Gasteiger partial charge in [0.1, 0.15) is 21.7 Å². The number of sulfonamides is 1. The number of carbonyl (C=O) groups excluding carboxylic acids is 2. The van der Waals surface area contributed by atoms with E-state index in [9.17, 15) is 18.0 Å². The second-order valence-corrected chi connectivity index (χ2v) is 13.3. The van der Waals surface area contributed by atoms with Gasteiger partial charge in [-0.05, 0) is 79.2 Å². The summed E-state index contributed by atoms with van der Waals surface area (Å²) in [6.07, 6.45) is 1.05. The van der Waals surface area contributed by atoms with Gasteiger partial charge in [0, 0.05) is 10.6 Å². The zero-order valence-corrected chi connectivity index (χ0v) is 24.6. The highest BCUT2D eigenvalue weighted by Crippen LogP contribution is 2.36. The molecule has 12 heteroatoms. The number of nitrogens with zero attached hydrogens (tertiary/aromatic N) is 3. The predicted octanol–water partition coefficient (Wildman–Crippen LogP) is 6.69. The van der Waals surface area contributed by atoms with E-state index in [1.807, 2.05) is 19.1 Å². The molecule has 1 unspecified atom stereocenters. The number of aryl methyl sites for hydroxylation is 1. The van der Waals surface area contributed by atoms with Gasteiger partial charge < -0.3 is 4.42 Å². The summed E-state index contributed by atoms with van der Waals surface area (Å²) in [5.41, 5.74) is 3.20. The molecule has 1 saturated heterocycles. The van der Waals surface area contributed by atoms with Crippen molar-refractivity contribution in [3.8, 4) is 10.6 Å². The summed E-state index contributed by atoms with van der Waals surface area (Å²) < 4.78 is 35.1. The molecule has 0 aliphatic carbocycles. The molecule has 8 nitrogen and oxygen atoms in total. The third-order valence-corrected chi connectivity index (χ3v) is 10.4. The van der Waals surface area contributed by atoms with Gasteiger partial charge in [-0.3, -0.25) is 9.59 Å². The summed E-state index contributed by atoms with van der Waals surface area (Å²) in [7, 11) is -4.38. The number of furan rings is 1. The Balaban J connectivity index is 1.32. The fraction of sp³-hybridized carbons (Fsp3) is 0.138. The van der Waals surface area contributed by atoms with Gasteiger partial charge >= 0.3 is 0 Å². The zero-order chi connectivity index (χ0) is 28.9. The van der Waals surface area contributed by atoms with E-state index in [0.29, 0.717) is 11.4 Å². The van der Waals surface area contributed by atoms with E-state index in [4.69, 9.17) is 27.6 Å². The molecule has 2 amide bonds. The number of anilines is 1. The summed E-state index contributed by atoms with van der Waals surface area (Å²) in [6, 6.07) is 18.9. The van der Waals surface area contributed by atoms with Crippen LogP contribution >= 0.6 is 34.5 Å². The molecule has 3 heterocycles. The number of halogens is 2. The van der Waals surface area contributed by atoms with Crippen LogP contribution in [0, 0.1) is 6.92 Å². The van der Waals surface area contributed by atoms with Crippen LogP contribution in [0.4, 0.5) is 5.69 Å². The number of carbonyl (C=O) groups is 2. The van der Waals surface area contributed by atoms with Crippen molar-refractivity contribution in [3.05, 3.63) is 100 Å². The van der Waals surface area contributed by atoms with E-state index in [1.54, 1.807) is 47.7 Å². The van der Waals surface area contributed by atoms with Crippen LogP contribution in [-0.4, -0.2) is 35.6 Å². The molecule has 2 aromatic heterocycles. The van der Waals surface area contributed by atoms with E-state index in [0.717, 1.165) is 35.6 Å². The number of amides is 2. The number of rotatable bonds is 7. The Morgan fingerprint density at radius 1 is 1.05 bits per heavy atom. The number of hydrogen-bond donors (Lipinski definition) is 0.